The smallest absolute Gasteiger partial charge is 0.130 e. The first-order chi connectivity index (χ1) is 8.69. The Hall–Kier alpha value is -1.80. The van der Waals surface area contributed by atoms with Crippen LogP contribution >= 0.6 is 0 Å². The van der Waals surface area contributed by atoms with E-state index in [1.54, 1.807) is 0 Å². The molecule has 0 amide bonds. The Balaban J connectivity index is 2.22. The molecule has 0 atom stereocenters. The van der Waals surface area contributed by atoms with E-state index in [1.807, 2.05) is 12.1 Å². The van der Waals surface area contributed by atoms with Crippen LogP contribution in [0.4, 0.5) is 0 Å². The second kappa shape index (κ2) is 5.69. The quantitative estimate of drug-likeness (QED) is 0.887. The minimum absolute atomic E-state index is 0.660. The average Bonchev–Trinajstić information content (AvgIpc) is 2.36. The van der Waals surface area contributed by atoms with Crippen LogP contribution in [-0.2, 0) is 6.42 Å². The second-order valence-electron chi connectivity index (χ2n) is 4.55. The van der Waals surface area contributed by atoms with Crippen LogP contribution in [0.1, 0.15) is 16.7 Å². The van der Waals surface area contributed by atoms with Crippen molar-refractivity contribution in [3.05, 3.63) is 59.2 Å². The second-order valence-corrected chi connectivity index (χ2v) is 4.55. The first-order valence-corrected chi connectivity index (χ1v) is 6.23. The summed E-state index contributed by atoms with van der Waals surface area (Å²) in [6.45, 7) is 4.78. The molecule has 94 valence electrons. The van der Waals surface area contributed by atoms with E-state index in [2.05, 4.69) is 44.2 Å². The molecule has 0 bridgehead atoms. The first-order valence-electron chi connectivity index (χ1n) is 6.23. The molecule has 0 unspecified atom stereocenters. The predicted molar refractivity (Wildman–Crippen MR) is 75.2 cm³/mol. The summed E-state index contributed by atoms with van der Waals surface area (Å²) in [7, 11) is 0. The van der Waals surface area contributed by atoms with Crippen molar-refractivity contribution in [3.63, 3.8) is 0 Å². The van der Waals surface area contributed by atoms with Crippen LogP contribution in [0, 0.1) is 13.8 Å². The monoisotopic (exact) mass is 241 g/mol. The van der Waals surface area contributed by atoms with Crippen molar-refractivity contribution in [2.24, 2.45) is 5.73 Å². The van der Waals surface area contributed by atoms with Crippen LogP contribution in [0.15, 0.2) is 42.5 Å². The maximum absolute atomic E-state index is 5.91. The van der Waals surface area contributed by atoms with Crippen LogP contribution in [0.3, 0.4) is 0 Å². The lowest BCUT2D eigenvalue weighted by Gasteiger charge is -2.10. The molecule has 0 heterocycles. The summed E-state index contributed by atoms with van der Waals surface area (Å²) in [4.78, 5) is 0. The van der Waals surface area contributed by atoms with Gasteiger partial charge in [-0.05, 0) is 56.1 Å². The van der Waals surface area contributed by atoms with Crippen LogP contribution in [-0.4, -0.2) is 6.54 Å². The summed E-state index contributed by atoms with van der Waals surface area (Å²) >= 11 is 0. The standard InChI is InChI=1S/C16H19NO/c1-12-3-7-15(8-4-12)18-16-11-14(9-10-17)6-5-13(16)2/h3-8,11H,9-10,17H2,1-2H3. The maximum atomic E-state index is 5.91. The lowest BCUT2D eigenvalue weighted by Crippen LogP contribution is -2.02. The van der Waals surface area contributed by atoms with Crippen molar-refractivity contribution in [1.82, 2.24) is 0 Å². The molecule has 2 heteroatoms. The van der Waals surface area contributed by atoms with Crippen LogP contribution < -0.4 is 10.5 Å². The fourth-order valence-electron chi connectivity index (χ4n) is 1.81. The molecule has 2 aromatic carbocycles. The van der Waals surface area contributed by atoms with Gasteiger partial charge in [0.1, 0.15) is 11.5 Å². The van der Waals surface area contributed by atoms with Gasteiger partial charge in [-0.25, -0.2) is 0 Å². The van der Waals surface area contributed by atoms with Gasteiger partial charge in [0.05, 0.1) is 0 Å². The van der Waals surface area contributed by atoms with Crippen molar-refractivity contribution < 1.29 is 4.74 Å². The third kappa shape index (κ3) is 3.11. The molecular weight excluding hydrogens is 222 g/mol. The number of aryl methyl sites for hydroxylation is 2. The Morgan fingerprint density at radius 1 is 1.00 bits per heavy atom. The van der Waals surface area contributed by atoms with E-state index in [-0.39, 0.29) is 0 Å². The molecule has 2 nitrogen and oxygen atoms in total. The first kappa shape index (κ1) is 12.7. The SMILES string of the molecule is Cc1ccc(Oc2cc(CCN)ccc2C)cc1. The van der Waals surface area contributed by atoms with Crippen LogP contribution in [0.5, 0.6) is 11.5 Å². The maximum Gasteiger partial charge on any atom is 0.130 e. The van der Waals surface area contributed by atoms with Gasteiger partial charge in [0.15, 0.2) is 0 Å². The van der Waals surface area contributed by atoms with E-state index in [9.17, 15) is 0 Å². The number of hydrogen-bond acceptors (Lipinski definition) is 2. The number of rotatable bonds is 4. The summed E-state index contributed by atoms with van der Waals surface area (Å²) in [5.74, 6) is 1.78. The Morgan fingerprint density at radius 3 is 2.39 bits per heavy atom. The molecule has 0 radical (unpaired) electrons. The van der Waals surface area contributed by atoms with Gasteiger partial charge in [-0.3, -0.25) is 0 Å². The normalized spacial score (nSPS) is 10.4. The van der Waals surface area contributed by atoms with Crippen molar-refractivity contribution >= 4 is 0 Å². The van der Waals surface area contributed by atoms with E-state index in [1.165, 1.54) is 11.1 Å². The molecular formula is C16H19NO. The zero-order valence-electron chi connectivity index (χ0n) is 10.9. The van der Waals surface area contributed by atoms with Gasteiger partial charge in [0.25, 0.3) is 0 Å². The van der Waals surface area contributed by atoms with Gasteiger partial charge in [0, 0.05) is 0 Å². The fourth-order valence-corrected chi connectivity index (χ4v) is 1.81. The average molecular weight is 241 g/mol. The largest absolute Gasteiger partial charge is 0.457 e. The van der Waals surface area contributed by atoms with Crippen LogP contribution in [0.25, 0.3) is 0 Å². The molecule has 2 aromatic rings. The zero-order chi connectivity index (χ0) is 13.0. The van der Waals surface area contributed by atoms with Gasteiger partial charge in [0.2, 0.25) is 0 Å². The zero-order valence-corrected chi connectivity index (χ0v) is 10.9. The predicted octanol–water partition coefficient (Wildman–Crippen LogP) is 3.60. The number of ether oxygens (including phenoxy) is 1. The molecule has 0 fully saturated rings. The van der Waals surface area contributed by atoms with Crippen molar-refractivity contribution in [2.75, 3.05) is 6.54 Å². The van der Waals surface area contributed by atoms with E-state index < -0.39 is 0 Å². The number of nitrogens with two attached hydrogens (primary N) is 1. The van der Waals surface area contributed by atoms with Gasteiger partial charge in [-0.1, -0.05) is 29.8 Å². The molecule has 0 aromatic heterocycles. The molecule has 0 aliphatic carbocycles. The Bertz CT molecular complexity index is 517. The van der Waals surface area contributed by atoms with E-state index in [4.69, 9.17) is 10.5 Å². The minimum Gasteiger partial charge on any atom is -0.457 e. The molecule has 0 saturated heterocycles. The van der Waals surface area contributed by atoms with Crippen molar-refractivity contribution in [2.45, 2.75) is 20.3 Å². The Morgan fingerprint density at radius 2 is 1.72 bits per heavy atom. The molecule has 0 saturated carbocycles. The van der Waals surface area contributed by atoms with Gasteiger partial charge < -0.3 is 10.5 Å². The van der Waals surface area contributed by atoms with Gasteiger partial charge in [-0.2, -0.15) is 0 Å². The Labute approximate surface area is 108 Å². The molecule has 18 heavy (non-hydrogen) atoms. The molecule has 2 N–H and O–H groups in total. The summed E-state index contributed by atoms with van der Waals surface area (Å²) in [6.07, 6.45) is 0.880. The third-order valence-corrected chi connectivity index (χ3v) is 2.93. The van der Waals surface area contributed by atoms with E-state index in [0.717, 1.165) is 23.5 Å². The summed E-state index contributed by atoms with van der Waals surface area (Å²) in [5, 5.41) is 0. The van der Waals surface area contributed by atoms with E-state index >= 15 is 0 Å². The highest BCUT2D eigenvalue weighted by Crippen LogP contribution is 2.26. The minimum atomic E-state index is 0.660. The highest BCUT2D eigenvalue weighted by atomic mass is 16.5. The third-order valence-electron chi connectivity index (χ3n) is 2.93. The van der Waals surface area contributed by atoms with Crippen molar-refractivity contribution in [1.29, 1.82) is 0 Å². The summed E-state index contributed by atoms with van der Waals surface area (Å²) in [5.41, 5.74) is 9.16. The van der Waals surface area contributed by atoms with Crippen molar-refractivity contribution in [3.8, 4) is 11.5 Å². The van der Waals surface area contributed by atoms with Gasteiger partial charge in [-0.15, -0.1) is 0 Å². The molecule has 0 aliphatic heterocycles. The van der Waals surface area contributed by atoms with E-state index in [0.29, 0.717) is 6.54 Å². The fraction of sp³-hybridized carbons (Fsp3) is 0.250. The summed E-state index contributed by atoms with van der Waals surface area (Å²) in [6, 6.07) is 14.3. The molecule has 0 aliphatic rings. The highest BCUT2D eigenvalue weighted by Gasteiger charge is 2.03. The topological polar surface area (TPSA) is 35.2 Å². The Kier molecular flexibility index (Phi) is 4.00. The van der Waals surface area contributed by atoms with Gasteiger partial charge >= 0.3 is 0 Å². The van der Waals surface area contributed by atoms with Crippen LogP contribution in [0.2, 0.25) is 0 Å². The molecule has 0 spiro atoms. The lowest BCUT2D eigenvalue weighted by atomic mass is 10.1. The lowest BCUT2D eigenvalue weighted by molar-refractivity contribution is 0.478. The number of benzene rings is 2. The highest BCUT2D eigenvalue weighted by molar-refractivity contribution is 5.40. The summed E-state index contributed by atoms with van der Waals surface area (Å²) < 4.78 is 5.91. The number of hydrogen-bond donors (Lipinski definition) is 1. The molecule has 2 rings (SSSR count).